The number of benzene rings is 1. The molecule has 0 saturated heterocycles. The minimum atomic E-state index is -0.710. The van der Waals surface area contributed by atoms with Gasteiger partial charge in [0.25, 0.3) is 0 Å². The predicted molar refractivity (Wildman–Crippen MR) is 95.2 cm³/mol. The van der Waals surface area contributed by atoms with E-state index in [-0.39, 0.29) is 33.2 Å². The van der Waals surface area contributed by atoms with E-state index in [9.17, 15) is 14.4 Å². The fraction of sp³-hybridized carbons (Fsp3) is 0.211. The van der Waals surface area contributed by atoms with Gasteiger partial charge in [0.05, 0.1) is 18.7 Å². The Kier molecular flexibility index (Phi) is 2.92. The first-order chi connectivity index (χ1) is 12.6. The summed E-state index contributed by atoms with van der Waals surface area (Å²) in [5, 5.41) is 0.549. The number of fused-ring (bicyclic) bond motifs is 4. The van der Waals surface area contributed by atoms with Gasteiger partial charge >= 0.3 is 11.3 Å². The van der Waals surface area contributed by atoms with Crippen molar-refractivity contribution in [2.75, 3.05) is 7.11 Å². The first kappa shape index (κ1) is 14.9. The summed E-state index contributed by atoms with van der Waals surface area (Å²) >= 11 is 0. The lowest BCUT2D eigenvalue weighted by Gasteiger charge is -2.21. The van der Waals surface area contributed by atoms with Gasteiger partial charge in [-0.2, -0.15) is 0 Å². The van der Waals surface area contributed by atoms with Gasteiger partial charge in [-0.25, -0.2) is 9.59 Å². The molecule has 0 atom stereocenters. The van der Waals surface area contributed by atoms with Crippen molar-refractivity contribution in [2.45, 2.75) is 19.4 Å². The van der Waals surface area contributed by atoms with Crippen molar-refractivity contribution in [3.63, 3.8) is 0 Å². The van der Waals surface area contributed by atoms with Crippen molar-refractivity contribution in [1.29, 1.82) is 0 Å². The standard InChI is InChI=1S/C19H13NO6/c1-24-11-8-12(21)25-17-13(11)19(23)26-18-14(17)16(22)10-6-2-4-9-5-3-7-20(18)15(9)10/h2,4,6,8H,3,5,7H2,1H3. The molecular weight excluding hydrogens is 338 g/mol. The van der Waals surface area contributed by atoms with Crippen molar-refractivity contribution < 1.29 is 13.6 Å². The second-order valence-corrected chi connectivity index (χ2v) is 6.31. The quantitative estimate of drug-likeness (QED) is 0.385. The van der Waals surface area contributed by atoms with Crippen LogP contribution in [0.5, 0.6) is 5.75 Å². The summed E-state index contributed by atoms with van der Waals surface area (Å²) in [6.45, 7) is 0.604. The van der Waals surface area contributed by atoms with Crippen LogP contribution in [0.1, 0.15) is 12.0 Å². The molecule has 0 N–H and O–H groups in total. The van der Waals surface area contributed by atoms with Crippen molar-refractivity contribution in [3.05, 3.63) is 60.9 Å². The molecule has 0 amide bonds. The number of rotatable bonds is 1. The summed E-state index contributed by atoms with van der Waals surface area (Å²) in [7, 11) is 1.33. The zero-order chi connectivity index (χ0) is 18.0. The SMILES string of the molecule is COc1cc(=O)oc2c1c(=O)oc1c2c(=O)c2cccc3c2n1CCC3. The fourth-order valence-electron chi connectivity index (χ4n) is 3.85. The molecule has 26 heavy (non-hydrogen) atoms. The maximum absolute atomic E-state index is 13.2. The third-order valence-electron chi connectivity index (χ3n) is 4.91. The number of hydrogen-bond donors (Lipinski definition) is 0. The summed E-state index contributed by atoms with van der Waals surface area (Å²) < 4.78 is 17.7. The molecule has 0 saturated carbocycles. The smallest absolute Gasteiger partial charge is 0.352 e. The first-order valence-electron chi connectivity index (χ1n) is 8.23. The van der Waals surface area contributed by atoms with Crippen LogP contribution in [0.15, 0.2) is 47.5 Å². The predicted octanol–water partition coefficient (Wildman–Crippen LogP) is 2.17. The summed E-state index contributed by atoms with van der Waals surface area (Å²) in [6, 6.07) is 6.59. The Morgan fingerprint density at radius 3 is 2.77 bits per heavy atom. The van der Waals surface area contributed by atoms with Crippen LogP contribution in [0.4, 0.5) is 0 Å². The maximum atomic E-state index is 13.2. The Labute approximate surface area is 145 Å². The monoisotopic (exact) mass is 351 g/mol. The van der Waals surface area contributed by atoms with E-state index in [1.54, 1.807) is 6.07 Å². The Morgan fingerprint density at radius 1 is 1.12 bits per heavy atom. The van der Waals surface area contributed by atoms with E-state index in [4.69, 9.17) is 13.6 Å². The van der Waals surface area contributed by atoms with Gasteiger partial charge in [0.15, 0.2) is 5.58 Å². The summed E-state index contributed by atoms with van der Waals surface area (Å²) in [5.41, 5.74) is 0.0920. The van der Waals surface area contributed by atoms with Gasteiger partial charge in [0, 0.05) is 11.9 Å². The van der Waals surface area contributed by atoms with Gasteiger partial charge < -0.3 is 18.1 Å². The van der Waals surface area contributed by atoms with Gasteiger partial charge in [-0.3, -0.25) is 4.79 Å². The number of aryl methyl sites for hydroxylation is 2. The highest BCUT2D eigenvalue weighted by molar-refractivity contribution is 6.06. The number of methoxy groups -OCH3 is 1. The van der Waals surface area contributed by atoms with E-state index in [1.807, 2.05) is 16.7 Å². The lowest BCUT2D eigenvalue weighted by Crippen LogP contribution is -2.19. The van der Waals surface area contributed by atoms with Crippen LogP contribution in [0.3, 0.4) is 0 Å². The Morgan fingerprint density at radius 2 is 1.96 bits per heavy atom. The minimum Gasteiger partial charge on any atom is -0.495 e. The average molecular weight is 351 g/mol. The largest absolute Gasteiger partial charge is 0.495 e. The summed E-state index contributed by atoms with van der Waals surface area (Å²) in [5.74, 6) is 0.0267. The molecule has 1 aromatic carbocycles. The molecule has 7 nitrogen and oxygen atoms in total. The Balaban J connectivity index is 2.18. The van der Waals surface area contributed by atoms with E-state index < -0.39 is 11.3 Å². The van der Waals surface area contributed by atoms with Crippen molar-refractivity contribution >= 4 is 33.0 Å². The lowest BCUT2D eigenvalue weighted by atomic mass is 10.00. The van der Waals surface area contributed by atoms with Crippen LogP contribution in [0.2, 0.25) is 0 Å². The third-order valence-corrected chi connectivity index (χ3v) is 4.91. The highest BCUT2D eigenvalue weighted by atomic mass is 16.5. The van der Waals surface area contributed by atoms with Crippen molar-refractivity contribution in [3.8, 4) is 5.75 Å². The Hall–Kier alpha value is -3.35. The molecule has 0 aliphatic carbocycles. The topological polar surface area (TPSA) is 91.7 Å². The molecule has 4 heterocycles. The normalized spacial score (nSPS) is 13.6. The zero-order valence-electron chi connectivity index (χ0n) is 13.8. The molecule has 0 radical (unpaired) electrons. The van der Waals surface area contributed by atoms with Crippen molar-refractivity contribution in [2.24, 2.45) is 0 Å². The Bertz CT molecular complexity index is 1410. The molecule has 1 aliphatic rings. The number of hydrogen-bond acceptors (Lipinski definition) is 6. The van der Waals surface area contributed by atoms with Gasteiger partial charge in [-0.1, -0.05) is 12.1 Å². The number of aromatic nitrogens is 1. The summed E-state index contributed by atoms with van der Waals surface area (Å²) in [4.78, 5) is 37.7. The van der Waals surface area contributed by atoms with E-state index in [0.717, 1.165) is 30.0 Å². The van der Waals surface area contributed by atoms with E-state index in [1.165, 1.54) is 7.11 Å². The molecule has 5 rings (SSSR count). The van der Waals surface area contributed by atoms with Crippen LogP contribution >= 0.6 is 0 Å². The molecule has 4 aromatic rings. The lowest BCUT2D eigenvalue weighted by molar-refractivity contribution is 0.410. The molecule has 0 bridgehead atoms. The molecule has 7 heteroatoms. The van der Waals surface area contributed by atoms with Crippen molar-refractivity contribution in [1.82, 2.24) is 4.57 Å². The average Bonchev–Trinajstić information content (AvgIpc) is 2.64. The molecular formula is C19H13NO6. The van der Waals surface area contributed by atoms with Gasteiger partial charge in [-0.15, -0.1) is 0 Å². The maximum Gasteiger partial charge on any atom is 0.352 e. The van der Waals surface area contributed by atoms with Gasteiger partial charge in [0.2, 0.25) is 11.1 Å². The fourth-order valence-corrected chi connectivity index (χ4v) is 3.85. The van der Waals surface area contributed by atoms with E-state index in [0.29, 0.717) is 11.9 Å². The third kappa shape index (κ3) is 1.79. The number of pyridine rings is 1. The molecule has 0 spiro atoms. The highest BCUT2D eigenvalue weighted by Gasteiger charge is 2.24. The second kappa shape index (κ2) is 5.08. The molecule has 0 unspecified atom stereocenters. The van der Waals surface area contributed by atoms with Gasteiger partial charge in [0.1, 0.15) is 16.5 Å². The second-order valence-electron chi connectivity index (χ2n) is 6.31. The molecule has 0 fully saturated rings. The molecule has 1 aliphatic heterocycles. The van der Waals surface area contributed by atoms with Gasteiger partial charge in [-0.05, 0) is 24.5 Å². The first-order valence-corrected chi connectivity index (χ1v) is 8.23. The zero-order valence-corrected chi connectivity index (χ0v) is 13.8. The molecule has 130 valence electrons. The van der Waals surface area contributed by atoms with E-state index >= 15 is 0 Å². The number of ether oxygens (including phenoxy) is 1. The van der Waals surface area contributed by atoms with Crippen LogP contribution in [-0.4, -0.2) is 11.7 Å². The van der Waals surface area contributed by atoms with Crippen LogP contribution in [0.25, 0.3) is 33.0 Å². The number of para-hydroxylation sites is 1. The van der Waals surface area contributed by atoms with E-state index in [2.05, 4.69) is 0 Å². The highest BCUT2D eigenvalue weighted by Crippen LogP contribution is 2.31. The summed E-state index contributed by atoms with van der Waals surface area (Å²) in [6.07, 6.45) is 1.71. The van der Waals surface area contributed by atoms with Crippen LogP contribution < -0.4 is 21.4 Å². The molecule has 3 aromatic heterocycles. The van der Waals surface area contributed by atoms with Crippen LogP contribution in [0, 0.1) is 0 Å². The number of nitrogens with zero attached hydrogens (tertiary/aromatic N) is 1. The minimum absolute atomic E-state index is 0.0267. The van der Waals surface area contributed by atoms with Crippen LogP contribution in [-0.2, 0) is 13.0 Å².